The van der Waals surface area contributed by atoms with E-state index in [0.717, 1.165) is 0 Å². The molecule has 1 aliphatic carbocycles. The Kier molecular flexibility index (Phi) is 1.90. The van der Waals surface area contributed by atoms with Crippen LogP contribution in [0.4, 0.5) is 4.39 Å². The van der Waals surface area contributed by atoms with Gasteiger partial charge in [-0.05, 0) is 27.2 Å². The third-order valence-electron chi connectivity index (χ3n) is 1.55. The maximum atomic E-state index is 12.3. The molecule has 0 unspecified atom stereocenters. The van der Waals surface area contributed by atoms with E-state index in [9.17, 15) is 9.18 Å². The van der Waals surface area contributed by atoms with Gasteiger partial charge in [0.2, 0.25) is 5.91 Å². The molecule has 1 aliphatic rings. The molecule has 0 bridgehead atoms. The van der Waals surface area contributed by atoms with Gasteiger partial charge in [0.15, 0.2) is 0 Å². The normalized spacial score (nSPS) is 29.8. The number of halogens is 1. The Balaban J connectivity index is 2.33. The van der Waals surface area contributed by atoms with E-state index in [1.54, 1.807) is 0 Å². The highest BCUT2D eigenvalue weighted by atomic mass is 19.1. The van der Waals surface area contributed by atoms with Crippen LogP contribution in [-0.4, -0.2) is 17.6 Å². The van der Waals surface area contributed by atoms with Gasteiger partial charge in [0.1, 0.15) is 6.17 Å². The van der Waals surface area contributed by atoms with Crippen LogP contribution in [0, 0.1) is 5.92 Å². The van der Waals surface area contributed by atoms with Crippen molar-refractivity contribution >= 4 is 5.91 Å². The zero-order valence-corrected chi connectivity index (χ0v) is 7.15. The minimum Gasteiger partial charge on any atom is -0.351 e. The Morgan fingerprint density at radius 2 is 2.00 bits per heavy atom. The van der Waals surface area contributed by atoms with Crippen molar-refractivity contribution in [1.82, 2.24) is 5.32 Å². The molecule has 11 heavy (non-hydrogen) atoms. The molecule has 1 saturated carbocycles. The second-order valence-corrected chi connectivity index (χ2v) is 4.10. The minimum absolute atomic E-state index is 0.148. The fourth-order valence-corrected chi connectivity index (χ4v) is 0.898. The number of rotatable bonds is 1. The summed E-state index contributed by atoms with van der Waals surface area (Å²) in [5.41, 5.74) is -0.237. The molecule has 0 spiro atoms. The van der Waals surface area contributed by atoms with Crippen LogP contribution in [0.25, 0.3) is 0 Å². The highest BCUT2D eigenvalue weighted by Gasteiger charge is 2.44. The van der Waals surface area contributed by atoms with Gasteiger partial charge in [0.05, 0.1) is 5.92 Å². The van der Waals surface area contributed by atoms with Gasteiger partial charge < -0.3 is 5.32 Å². The van der Waals surface area contributed by atoms with Crippen LogP contribution in [0.15, 0.2) is 0 Å². The summed E-state index contributed by atoms with van der Waals surface area (Å²) in [7, 11) is 0. The van der Waals surface area contributed by atoms with Crippen molar-refractivity contribution in [1.29, 1.82) is 0 Å². The molecule has 0 aromatic carbocycles. The van der Waals surface area contributed by atoms with Crippen molar-refractivity contribution < 1.29 is 9.18 Å². The number of amides is 1. The molecule has 2 atom stereocenters. The number of alkyl halides is 1. The maximum Gasteiger partial charge on any atom is 0.226 e. The van der Waals surface area contributed by atoms with E-state index in [1.807, 2.05) is 20.8 Å². The molecule has 1 rings (SSSR count). The Morgan fingerprint density at radius 1 is 1.55 bits per heavy atom. The molecule has 0 aliphatic heterocycles. The van der Waals surface area contributed by atoms with Gasteiger partial charge in [-0.25, -0.2) is 4.39 Å². The van der Waals surface area contributed by atoms with E-state index in [-0.39, 0.29) is 17.4 Å². The first kappa shape index (κ1) is 8.50. The van der Waals surface area contributed by atoms with Crippen LogP contribution in [0.3, 0.4) is 0 Å². The Morgan fingerprint density at radius 3 is 2.27 bits per heavy atom. The highest BCUT2D eigenvalue weighted by molar-refractivity contribution is 5.82. The van der Waals surface area contributed by atoms with Crippen LogP contribution < -0.4 is 5.32 Å². The number of hydrogen-bond donors (Lipinski definition) is 1. The van der Waals surface area contributed by atoms with Gasteiger partial charge in [0, 0.05) is 5.54 Å². The zero-order chi connectivity index (χ0) is 8.65. The first-order valence-corrected chi connectivity index (χ1v) is 3.86. The standard InChI is InChI=1S/C8H14FNO/c1-8(2,3)10-7(11)5-4-6(5)9/h5-6H,4H2,1-3H3,(H,10,11)/t5-,6+/m1/s1. The second-order valence-electron chi connectivity index (χ2n) is 4.10. The lowest BCUT2D eigenvalue weighted by Gasteiger charge is -2.20. The molecule has 0 aromatic heterocycles. The average molecular weight is 159 g/mol. The van der Waals surface area contributed by atoms with Crippen molar-refractivity contribution in [3.63, 3.8) is 0 Å². The SMILES string of the molecule is CC(C)(C)NC(=O)[C@@H]1C[C@@H]1F. The third kappa shape index (κ3) is 2.48. The summed E-state index contributed by atoms with van der Waals surface area (Å²) in [6.07, 6.45) is -0.487. The van der Waals surface area contributed by atoms with Crippen molar-refractivity contribution in [2.75, 3.05) is 0 Å². The Labute approximate surface area is 66.2 Å². The van der Waals surface area contributed by atoms with Gasteiger partial charge in [-0.15, -0.1) is 0 Å². The van der Waals surface area contributed by atoms with E-state index in [1.165, 1.54) is 0 Å². The van der Waals surface area contributed by atoms with Crippen molar-refractivity contribution in [3.05, 3.63) is 0 Å². The quantitative estimate of drug-likeness (QED) is 0.613. The molecular weight excluding hydrogens is 145 g/mol. The summed E-state index contributed by atoms with van der Waals surface area (Å²) in [6.45, 7) is 5.67. The molecule has 0 saturated heterocycles. The second kappa shape index (κ2) is 2.47. The number of nitrogens with one attached hydrogen (secondary N) is 1. The van der Waals surface area contributed by atoms with Crippen molar-refractivity contribution in [2.24, 2.45) is 5.92 Å². The topological polar surface area (TPSA) is 29.1 Å². The maximum absolute atomic E-state index is 12.3. The van der Waals surface area contributed by atoms with E-state index in [2.05, 4.69) is 5.32 Å². The van der Waals surface area contributed by atoms with Crippen LogP contribution >= 0.6 is 0 Å². The molecule has 0 aromatic rings. The minimum atomic E-state index is -0.891. The van der Waals surface area contributed by atoms with E-state index in [4.69, 9.17) is 0 Å². The average Bonchev–Trinajstić information content (AvgIpc) is 2.41. The van der Waals surface area contributed by atoms with E-state index < -0.39 is 6.17 Å². The largest absolute Gasteiger partial charge is 0.351 e. The lowest BCUT2D eigenvalue weighted by atomic mass is 10.1. The molecule has 3 heteroatoms. The van der Waals surface area contributed by atoms with Crippen molar-refractivity contribution in [3.8, 4) is 0 Å². The van der Waals surface area contributed by atoms with Gasteiger partial charge in [-0.3, -0.25) is 4.79 Å². The molecule has 1 fully saturated rings. The summed E-state index contributed by atoms with van der Waals surface area (Å²) in [5.74, 6) is -0.515. The summed E-state index contributed by atoms with van der Waals surface area (Å²) < 4.78 is 12.3. The lowest BCUT2D eigenvalue weighted by Crippen LogP contribution is -2.41. The number of carbonyl (C=O) groups is 1. The van der Waals surface area contributed by atoms with Gasteiger partial charge in [-0.1, -0.05) is 0 Å². The number of carbonyl (C=O) groups excluding carboxylic acids is 1. The van der Waals surface area contributed by atoms with E-state index >= 15 is 0 Å². The fraction of sp³-hybridized carbons (Fsp3) is 0.875. The molecule has 1 N–H and O–H groups in total. The smallest absolute Gasteiger partial charge is 0.226 e. The summed E-state index contributed by atoms with van der Waals surface area (Å²) in [6, 6.07) is 0. The first-order valence-electron chi connectivity index (χ1n) is 3.86. The summed E-state index contributed by atoms with van der Waals surface area (Å²) in [4.78, 5) is 11.1. The van der Waals surface area contributed by atoms with Crippen LogP contribution in [0.1, 0.15) is 27.2 Å². The predicted molar refractivity (Wildman–Crippen MR) is 40.9 cm³/mol. The molecule has 64 valence electrons. The monoisotopic (exact) mass is 159 g/mol. The van der Waals surface area contributed by atoms with Gasteiger partial charge in [0.25, 0.3) is 0 Å². The first-order chi connectivity index (χ1) is 4.90. The third-order valence-corrected chi connectivity index (χ3v) is 1.55. The Hall–Kier alpha value is -0.600. The molecule has 1 amide bonds. The van der Waals surface area contributed by atoms with Crippen LogP contribution in [0.5, 0.6) is 0 Å². The lowest BCUT2D eigenvalue weighted by molar-refractivity contribution is -0.124. The highest BCUT2D eigenvalue weighted by Crippen LogP contribution is 2.34. The van der Waals surface area contributed by atoms with Gasteiger partial charge in [-0.2, -0.15) is 0 Å². The number of hydrogen-bond acceptors (Lipinski definition) is 1. The molecule has 0 heterocycles. The van der Waals surface area contributed by atoms with Crippen LogP contribution in [0.2, 0.25) is 0 Å². The molecule has 2 nitrogen and oxygen atoms in total. The molecule has 0 radical (unpaired) electrons. The predicted octanol–water partition coefficient (Wildman–Crippen LogP) is 1.26. The zero-order valence-electron chi connectivity index (χ0n) is 7.15. The Bertz CT molecular complexity index is 173. The summed E-state index contributed by atoms with van der Waals surface area (Å²) in [5, 5.41) is 2.73. The fourth-order valence-electron chi connectivity index (χ4n) is 0.898. The van der Waals surface area contributed by atoms with E-state index in [0.29, 0.717) is 6.42 Å². The van der Waals surface area contributed by atoms with Crippen molar-refractivity contribution in [2.45, 2.75) is 38.9 Å². The molecular formula is C8H14FNO. The summed E-state index contributed by atoms with van der Waals surface area (Å²) >= 11 is 0. The van der Waals surface area contributed by atoms with Gasteiger partial charge >= 0.3 is 0 Å². The van der Waals surface area contributed by atoms with Crippen LogP contribution in [-0.2, 0) is 4.79 Å².